The van der Waals surface area contributed by atoms with Gasteiger partial charge in [0, 0.05) is 30.5 Å². The molecule has 1 aliphatic rings. The molecule has 0 aromatic heterocycles. The lowest BCUT2D eigenvalue weighted by molar-refractivity contribution is 0.588. The van der Waals surface area contributed by atoms with E-state index in [2.05, 4.69) is 52.6 Å². The Kier molecular flexibility index (Phi) is 10.9. The summed E-state index contributed by atoms with van der Waals surface area (Å²) in [6.07, 6.45) is 12.3. The molecule has 0 radical (unpaired) electrons. The summed E-state index contributed by atoms with van der Waals surface area (Å²) in [5.41, 5.74) is 2.34. The smallest absolute Gasteiger partial charge is 0.142 e. The van der Waals surface area contributed by atoms with E-state index in [1.807, 2.05) is 13.8 Å². The summed E-state index contributed by atoms with van der Waals surface area (Å²) in [7, 11) is 0. The molecule has 0 spiro atoms. The van der Waals surface area contributed by atoms with E-state index in [-0.39, 0.29) is 12.1 Å². The van der Waals surface area contributed by atoms with Crippen molar-refractivity contribution in [2.24, 2.45) is 26.1 Å². The summed E-state index contributed by atoms with van der Waals surface area (Å²) in [5, 5.41) is 11.6. The zero-order valence-electron chi connectivity index (χ0n) is 15.7. The lowest BCUT2D eigenvalue weighted by Gasteiger charge is -2.12. The van der Waals surface area contributed by atoms with Gasteiger partial charge in [-0.1, -0.05) is 43.2 Å². The predicted molar refractivity (Wildman–Crippen MR) is 112 cm³/mol. The molecule has 0 heterocycles. The molecule has 0 fully saturated rings. The summed E-state index contributed by atoms with van der Waals surface area (Å²) in [5.74, 6) is -0.0826. The van der Waals surface area contributed by atoms with E-state index in [0.29, 0.717) is 5.17 Å². The monoisotopic (exact) mass is 363 g/mol. The number of allylic oxidation sites excluding steroid dienone is 4. The molecule has 6 heteroatoms. The Morgan fingerprint density at radius 2 is 2.16 bits per heavy atom. The zero-order chi connectivity index (χ0) is 18.5. The highest BCUT2D eigenvalue weighted by molar-refractivity contribution is 6.67. The van der Waals surface area contributed by atoms with Crippen molar-refractivity contribution in [2.45, 2.75) is 53.1 Å². The molecule has 138 valence electrons. The minimum Gasteiger partial charge on any atom is -0.317 e. The topological polar surface area (TPSA) is 61.5 Å². The van der Waals surface area contributed by atoms with Crippen LogP contribution in [0, 0.1) is 5.92 Å². The second-order valence-corrected chi connectivity index (χ2v) is 6.33. The normalized spacial score (nSPS) is 20.3. The van der Waals surface area contributed by atoms with Gasteiger partial charge in [0.1, 0.15) is 11.3 Å². The minimum atomic E-state index is -0.185. The van der Waals surface area contributed by atoms with Crippen molar-refractivity contribution in [3.05, 3.63) is 23.8 Å². The molecule has 0 aliphatic heterocycles. The molecule has 0 saturated heterocycles. The first kappa shape index (κ1) is 21.5. The van der Waals surface area contributed by atoms with Crippen molar-refractivity contribution in [3.8, 4) is 0 Å². The highest BCUT2D eigenvalue weighted by Crippen LogP contribution is 2.13. The number of hydrogen-bond donors (Lipinski definition) is 1. The van der Waals surface area contributed by atoms with Crippen LogP contribution < -0.4 is 5.32 Å². The highest BCUT2D eigenvalue weighted by Gasteiger charge is 2.11. The molecular formula is C19H30ClN5. The Morgan fingerprint density at radius 1 is 1.36 bits per heavy atom. The van der Waals surface area contributed by atoms with Crippen LogP contribution in [0.2, 0.25) is 0 Å². The SMILES string of the molecule is C/C=N\N=C\C(C)C(Cl)=NC(CCNCC)N=C1C=CC(C)=CCC1. The molecule has 25 heavy (non-hydrogen) atoms. The van der Waals surface area contributed by atoms with E-state index in [9.17, 15) is 0 Å². The average molecular weight is 364 g/mol. The van der Waals surface area contributed by atoms with Gasteiger partial charge in [0.15, 0.2) is 0 Å². The molecule has 0 aromatic carbocycles. The molecule has 0 bridgehead atoms. The van der Waals surface area contributed by atoms with Gasteiger partial charge in [0.05, 0.1) is 0 Å². The summed E-state index contributed by atoms with van der Waals surface area (Å²) >= 11 is 6.38. The molecule has 2 atom stereocenters. The van der Waals surface area contributed by atoms with Gasteiger partial charge in [-0.2, -0.15) is 10.2 Å². The number of nitrogens with zero attached hydrogens (tertiary/aromatic N) is 4. The second kappa shape index (κ2) is 12.7. The van der Waals surface area contributed by atoms with Crippen LogP contribution in [0.4, 0.5) is 0 Å². The van der Waals surface area contributed by atoms with Crippen LogP contribution in [0.15, 0.2) is 44.0 Å². The quantitative estimate of drug-likeness (QED) is 0.368. The van der Waals surface area contributed by atoms with Crippen LogP contribution >= 0.6 is 11.6 Å². The molecule has 1 rings (SSSR count). The van der Waals surface area contributed by atoms with Gasteiger partial charge >= 0.3 is 0 Å². The van der Waals surface area contributed by atoms with Crippen molar-refractivity contribution in [1.29, 1.82) is 0 Å². The van der Waals surface area contributed by atoms with Gasteiger partial charge in [-0.25, -0.2) is 0 Å². The van der Waals surface area contributed by atoms with Crippen molar-refractivity contribution < 1.29 is 0 Å². The van der Waals surface area contributed by atoms with Gasteiger partial charge < -0.3 is 5.32 Å². The number of halogens is 1. The van der Waals surface area contributed by atoms with Crippen LogP contribution in [-0.4, -0.2) is 42.6 Å². The van der Waals surface area contributed by atoms with Gasteiger partial charge in [-0.15, -0.1) is 0 Å². The molecule has 5 nitrogen and oxygen atoms in total. The van der Waals surface area contributed by atoms with Crippen LogP contribution in [0.1, 0.15) is 47.0 Å². The largest absolute Gasteiger partial charge is 0.317 e. The lowest BCUT2D eigenvalue weighted by atomic mass is 10.2. The van der Waals surface area contributed by atoms with E-state index in [0.717, 1.165) is 38.1 Å². The second-order valence-electron chi connectivity index (χ2n) is 5.94. The summed E-state index contributed by atoms with van der Waals surface area (Å²) in [4.78, 5) is 9.46. The van der Waals surface area contributed by atoms with Gasteiger partial charge in [-0.3, -0.25) is 9.98 Å². The maximum atomic E-state index is 6.38. The first-order valence-corrected chi connectivity index (χ1v) is 9.31. The Balaban J connectivity index is 2.88. The Morgan fingerprint density at radius 3 is 2.88 bits per heavy atom. The van der Waals surface area contributed by atoms with Crippen LogP contribution in [-0.2, 0) is 0 Å². The highest BCUT2D eigenvalue weighted by atomic mass is 35.5. The third-order valence-electron chi connectivity index (χ3n) is 3.67. The first-order valence-electron chi connectivity index (χ1n) is 8.93. The fraction of sp³-hybridized carbons (Fsp3) is 0.579. The molecule has 0 saturated carbocycles. The van der Waals surface area contributed by atoms with Crippen molar-refractivity contribution in [3.63, 3.8) is 0 Å². The van der Waals surface area contributed by atoms with E-state index in [1.165, 1.54) is 5.57 Å². The van der Waals surface area contributed by atoms with Gasteiger partial charge in [0.25, 0.3) is 0 Å². The van der Waals surface area contributed by atoms with Gasteiger partial charge in [-0.05, 0) is 45.9 Å². The van der Waals surface area contributed by atoms with Gasteiger partial charge in [0.2, 0.25) is 0 Å². The number of rotatable bonds is 9. The van der Waals surface area contributed by atoms with E-state index in [1.54, 1.807) is 12.4 Å². The molecular weight excluding hydrogens is 334 g/mol. The summed E-state index contributed by atoms with van der Waals surface area (Å²) in [6, 6.07) is 0. The molecule has 1 aliphatic carbocycles. The van der Waals surface area contributed by atoms with Crippen molar-refractivity contribution in [2.75, 3.05) is 13.1 Å². The lowest BCUT2D eigenvalue weighted by Crippen LogP contribution is -2.20. The van der Waals surface area contributed by atoms with Crippen LogP contribution in [0.5, 0.6) is 0 Å². The molecule has 0 amide bonds. The number of hydrogen-bond acceptors (Lipinski definition) is 5. The average Bonchev–Trinajstić information content (AvgIpc) is 2.79. The van der Waals surface area contributed by atoms with E-state index in [4.69, 9.17) is 16.6 Å². The standard InChI is InChI=1S/C19H30ClN5/c1-5-21-13-12-18(24-17-9-7-8-15(3)10-11-17)25-19(20)16(4)14-23-22-6-2/h6,8,10-11,14,16,18,21H,5,7,9,12-13H2,1-4H3/b22-6-,23-14+,24-17?,25-19?. The maximum Gasteiger partial charge on any atom is 0.142 e. The Labute approximate surface area is 156 Å². The summed E-state index contributed by atoms with van der Waals surface area (Å²) < 4.78 is 0. The summed E-state index contributed by atoms with van der Waals surface area (Å²) in [6.45, 7) is 9.76. The fourth-order valence-corrected chi connectivity index (χ4v) is 2.39. The predicted octanol–water partition coefficient (Wildman–Crippen LogP) is 4.40. The third-order valence-corrected chi connectivity index (χ3v) is 4.11. The zero-order valence-corrected chi connectivity index (χ0v) is 16.5. The van der Waals surface area contributed by atoms with E-state index < -0.39 is 0 Å². The Hall–Kier alpha value is -1.59. The van der Waals surface area contributed by atoms with E-state index >= 15 is 0 Å². The molecule has 1 N–H and O–H groups in total. The maximum absolute atomic E-state index is 6.38. The number of aliphatic imine (C=N–C) groups is 2. The first-order chi connectivity index (χ1) is 12.1. The van der Waals surface area contributed by atoms with Crippen molar-refractivity contribution >= 4 is 34.9 Å². The fourth-order valence-electron chi connectivity index (χ4n) is 2.22. The molecule has 0 aromatic rings. The van der Waals surface area contributed by atoms with Crippen LogP contribution in [0.3, 0.4) is 0 Å². The molecule has 2 unspecified atom stereocenters. The third kappa shape index (κ3) is 9.46. The Bertz CT molecular complexity index is 572. The van der Waals surface area contributed by atoms with Crippen LogP contribution in [0.25, 0.3) is 0 Å². The minimum absolute atomic E-state index is 0.0826. The van der Waals surface area contributed by atoms with Crippen molar-refractivity contribution in [1.82, 2.24) is 5.32 Å². The number of nitrogens with one attached hydrogen (secondary N) is 1.